The molecule has 3 N–H and O–H groups in total. The Balaban J connectivity index is 0.00000392. The molecule has 9 heteroatoms. The van der Waals surface area contributed by atoms with Crippen LogP contribution >= 0.6 is 35.3 Å². The van der Waals surface area contributed by atoms with Gasteiger partial charge in [-0.2, -0.15) is 0 Å². The largest absolute Gasteiger partial charge is 0.355 e. The topological polar surface area (TPSA) is 82.6 Å². The van der Waals surface area contributed by atoms with Gasteiger partial charge < -0.3 is 10.6 Å². The zero-order chi connectivity index (χ0) is 19.7. The Morgan fingerprint density at radius 3 is 2.50 bits per heavy atom. The molecule has 0 aliphatic heterocycles. The third-order valence-corrected chi connectivity index (χ3v) is 6.26. The van der Waals surface area contributed by atoms with E-state index < -0.39 is 10.0 Å². The first-order chi connectivity index (χ1) is 12.9. The molecule has 0 saturated heterocycles. The van der Waals surface area contributed by atoms with E-state index in [1.165, 1.54) is 9.75 Å². The van der Waals surface area contributed by atoms with Gasteiger partial charge in [0, 0.05) is 42.4 Å². The zero-order valence-corrected chi connectivity index (χ0v) is 20.4. The molecule has 1 aromatic heterocycles. The molecule has 0 bridgehead atoms. The van der Waals surface area contributed by atoms with Crippen LogP contribution in [0.25, 0.3) is 0 Å². The zero-order valence-electron chi connectivity index (χ0n) is 16.4. The molecular formula is C19H29IN4O2S2. The predicted molar refractivity (Wildman–Crippen MR) is 129 cm³/mol. The number of nitrogens with zero attached hydrogens (tertiary/aromatic N) is 1. The molecule has 6 nitrogen and oxygen atoms in total. The van der Waals surface area contributed by atoms with Gasteiger partial charge >= 0.3 is 0 Å². The normalized spacial score (nSPS) is 12.9. The molecule has 0 radical (unpaired) electrons. The Labute approximate surface area is 189 Å². The lowest BCUT2D eigenvalue weighted by Crippen LogP contribution is -2.45. The number of hydrogen-bond acceptors (Lipinski definition) is 4. The van der Waals surface area contributed by atoms with E-state index in [1.54, 1.807) is 18.4 Å². The van der Waals surface area contributed by atoms with Crippen molar-refractivity contribution in [1.82, 2.24) is 15.4 Å². The fourth-order valence-corrected chi connectivity index (χ4v) is 4.46. The Hall–Kier alpha value is -1.17. The number of sulfonamides is 1. The summed E-state index contributed by atoms with van der Waals surface area (Å²) in [7, 11) is -1.67. The Morgan fingerprint density at radius 1 is 1.18 bits per heavy atom. The van der Waals surface area contributed by atoms with Gasteiger partial charge in [-0.15, -0.1) is 35.3 Å². The first-order valence-electron chi connectivity index (χ1n) is 8.92. The van der Waals surface area contributed by atoms with Crippen LogP contribution in [0.2, 0.25) is 0 Å². The number of rotatable bonds is 9. The van der Waals surface area contributed by atoms with Crippen molar-refractivity contribution in [2.75, 3.05) is 19.3 Å². The van der Waals surface area contributed by atoms with Crippen LogP contribution in [0.5, 0.6) is 0 Å². The number of thiophene rings is 1. The summed E-state index contributed by atoms with van der Waals surface area (Å²) in [6.45, 7) is 4.77. The second-order valence-electron chi connectivity index (χ2n) is 6.39. The number of halogens is 1. The Bertz CT molecular complexity index is 839. The summed E-state index contributed by atoms with van der Waals surface area (Å²) in [5.41, 5.74) is 0.934. The predicted octanol–water partition coefficient (Wildman–Crippen LogP) is 2.89. The Morgan fingerprint density at radius 2 is 1.89 bits per heavy atom. The smallest absolute Gasteiger partial charge is 0.213 e. The monoisotopic (exact) mass is 536 g/mol. The minimum Gasteiger partial charge on any atom is -0.355 e. The van der Waals surface area contributed by atoms with Crippen molar-refractivity contribution in [2.45, 2.75) is 32.9 Å². The maximum atomic E-state index is 12.1. The molecule has 1 heterocycles. The van der Waals surface area contributed by atoms with E-state index in [1.807, 2.05) is 30.3 Å². The second-order valence-corrected chi connectivity index (χ2v) is 9.69. The molecule has 1 atom stereocenters. The highest BCUT2D eigenvalue weighted by Gasteiger charge is 2.12. The molecule has 0 fully saturated rings. The number of aryl methyl sites for hydroxylation is 1. The number of benzene rings is 1. The summed E-state index contributed by atoms with van der Waals surface area (Å²) in [5.74, 6) is 0.591. The van der Waals surface area contributed by atoms with Crippen LogP contribution in [0, 0.1) is 6.92 Å². The van der Waals surface area contributed by atoms with Gasteiger partial charge in [-0.25, -0.2) is 13.1 Å². The van der Waals surface area contributed by atoms with Gasteiger partial charge in [-0.3, -0.25) is 4.99 Å². The maximum absolute atomic E-state index is 12.1. The molecule has 28 heavy (non-hydrogen) atoms. The third kappa shape index (κ3) is 9.35. The van der Waals surface area contributed by atoms with E-state index in [9.17, 15) is 8.42 Å². The summed E-state index contributed by atoms with van der Waals surface area (Å²) < 4.78 is 26.9. The molecular weight excluding hydrogens is 507 g/mol. The molecule has 2 rings (SSSR count). The lowest BCUT2D eigenvalue weighted by Gasteiger charge is -2.17. The average molecular weight is 537 g/mol. The summed E-state index contributed by atoms with van der Waals surface area (Å²) in [6.07, 6.45) is 0.899. The minimum absolute atomic E-state index is 0. The lowest BCUT2D eigenvalue weighted by molar-refractivity contribution is 0.579. The van der Waals surface area contributed by atoms with Crippen molar-refractivity contribution < 1.29 is 8.42 Å². The van der Waals surface area contributed by atoms with Gasteiger partial charge in [0.05, 0.1) is 5.75 Å². The van der Waals surface area contributed by atoms with Gasteiger partial charge in [0.25, 0.3) is 0 Å². The van der Waals surface area contributed by atoms with Crippen LogP contribution in [0.4, 0.5) is 0 Å². The van der Waals surface area contributed by atoms with Gasteiger partial charge in [0.2, 0.25) is 10.0 Å². The van der Waals surface area contributed by atoms with Crippen molar-refractivity contribution >= 4 is 51.3 Å². The van der Waals surface area contributed by atoms with E-state index in [-0.39, 0.29) is 42.3 Å². The minimum atomic E-state index is -3.35. The number of hydrogen-bond donors (Lipinski definition) is 3. The van der Waals surface area contributed by atoms with E-state index in [0.717, 1.165) is 12.0 Å². The third-order valence-electron chi connectivity index (χ3n) is 3.91. The van der Waals surface area contributed by atoms with Crippen LogP contribution in [0.15, 0.2) is 47.5 Å². The molecule has 1 unspecified atom stereocenters. The molecule has 0 amide bonds. The van der Waals surface area contributed by atoms with Crippen molar-refractivity contribution in [1.29, 1.82) is 0 Å². The van der Waals surface area contributed by atoms with Crippen molar-refractivity contribution in [3.63, 3.8) is 0 Å². The van der Waals surface area contributed by atoms with Gasteiger partial charge in [-0.1, -0.05) is 30.3 Å². The number of aliphatic imine (C=N–C) groups is 1. The number of nitrogens with one attached hydrogen (secondary N) is 3. The molecule has 2 aromatic rings. The highest BCUT2D eigenvalue weighted by molar-refractivity contribution is 14.0. The van der Waals surface area contributed by atoms with Crippen LogP contribution in [0.3, 0.4) is 0 Å². The summed E-state index contributed by atoms with van der Waals surface area (Å²) in [4.78, 5) is 6.79. The number of guanidine groups is 1. The fraction of sp³-hybridized carbons (Fsp3) is 0.421. The highest BCUT2D eigenvalue weighted by atomic mass is 127. The van der Waals surface area contributed by atoms with Gasteiger partial charge in [0.15, 0.2) is 5.96 Å². The lowest BCUT2D eigenvalue weighted by atomic mass is 10.2. The summed E-state index contributed by atoms with van der Waals surface area (Å²) in [5, 5.41) is 6.37. The molecule has 0 saturated carbocycles. The quantitative estimate of drug-likeness (QED) is 0.262. The van der Waals surface area contributed by atoms with Crippen molar-refractivity contribution in [3.05, 3.63) is 57.8 Å². The maximum Gasteiger partial charge on any atom is 0.213 e. The fourth-order valence-electron chi connectivity index (χ4n) is 2.54. The van der Waals surface area contributed by atoms with Gasteiger partial charge in [-0.05, 0) is 31.5 Å². The van der Waals surface area contributed by atoms with E-state index in [4.69, 9.17) is 0 Å². The van der Waals surface area contributed by atoms with Gasteiger partial charge in [0.1, 0.15) is 0 Å². The van der Waals surface area contributed by atoms with Crippen molar-refractivity contribution in [2.24, 2.45) is 4.99 Å². The van der Waals surface area contributed by atoms with Crippen LogP contribution in [-0.2, 0) is 23.0 Å². The van der Waals surface area contributed by atoms with Crippen LogP contribution in [-0.4, -0.2) is 39.8 Å². The average Bonchev–Trinajstić information content (AvgIpc) is 3.04. The molecule has 0 spiro atoms. The first kappa shape index (κ1) is 24.9. The summed E-state index contributed by atoms with van der Waals surface area (Å²) in [6, 6.07) is 13.9. The molecule has 156 valence electrons. The summed E-state index contributed by atoms with van der Waals surface area (Å²) >= 11 is 1.79. The Kier molecular flexibility index (Phi) is 11.0. The molecule has 0 aliphatic carbocycles. The van der Waals surface area contributed by atoms with Crippen molar-refractivity contribution in [3.8, 4) is 0 Å². The first-order valence-corrected chi connectivity index (χ1v) is 11.4. The van der Waals surface area contributed by atoms with Crippen LogP contribution < -0.4 is 15.4 Å². The van der Waals surface area contributed by atoms with Crippen LogP contribution in [0.1, 0.15) is 22.2 Å². The molecule has 1 aromatic carbocycles. The van der Waals surface area contributed by atoms with E-state index in [0.29, 0.717) is 12.5 Å². The SMILES string of the molecule is CN=C(NCCS(=O)(=O)NCc1ccccc1)NC(C)Cc1ccc(C)s1.I. The highest BCUT2D eigenvalue weighted by Crippen LogP contribution is 2.16. The van der Waals surface area contributed by atoms with E-state index in [2.05, 4.69) is 46.3 Å². The standard InChI is InChI=1S/C19H28N4O2S2.HI/c1-15(13-18-10-9-16(2)26-18)23-19(20-3)21-11-12-27(24,25)22-14-17-7-5-4-6-8-17;/h4-10,15,22H,11-14H2,1-3H3,(H2,20,21,23);1H. The second kappa shape index (κ2) is 12.4. The molecule has 0 aliphatic rings. The van der Waals surface area contributed by atoms with E-state index >= 15 is 0 Å².